The Morgan fingerprint density at radius 1 is 0.941 bits per heavy atom. The molecule has 1 aromatic heterocycles. The van der Waals surface area contributed by atoms with Crippen LogP contribution in [0.5, 0.6) is 11.5 Å². The Balaban J connectivity index is 1.36. The third kappa shape index (κ3) is 4.53. The average Bonchev–Trinajstić information content (AvgIpc) is 2.99. The zero-order valence-electron chi connectivity index (χ0n) is 19.9. The lowest BCUT2D eigenvalue weighted by atomic mass is 10.1. The lowest BCUT2D eigenvalue weighted by molar-refractivity contribution is 0.272. The summed E-state index contributed by atoms with van der Waals surface area (Å²) in [7, 11) is 1.55. The van der Waals surface area contributed by atoms with Crippen LogP contribution in [0.4, 0.5) is 4.39 Å². The van der Waals surface area contributed by atoms with Gasteiger partial charge >= 0.3 is 0 Å². The van der Waals surface area contributed by atoms with Gasteiger partial charge < -0.3 is 14.0 Å². The first-order chi connectivity index (χ1) is 16.6. The fraction of sp³-hybridized carbons (Fsp3) is 0.310. The van der Waals surface area contributed by atoms with Gasteiger partial charge in [-0.05, 0) is 41.8 Å². The van der Waals surface area contributed by atoms with Gasteiger partial charge in [0.25, 0.3) is 0 Å². The number of hydrogen-bond donors (Lipinski definition) is 0. The van der Waals surface area contributed by atoms with Crippen LogP contribution >= 0.6 is 0 Å². The maximum absolute atomic E-state index is 14.6. The maximum Gasteiger partial charge on any atom is 0.197 e. The van der Waals surface area contributed by atoms with Gasteiger partial charge in [-0.2, -0.15) is 0 Å². The Labute approximate surface area is 200 Å². The van der Waals surface area contributed by atoms with Crippen molar-refractivity contribution < 1.29 is 13.9 Å². The van der Waals surface area contributed by atoms with Crippen LogP contribution < -0.4 is 9.47 Å². The number of halogens is 1. The van der Waals surface area contributed by atoms with Gasteiger partial charge in [0.05, 0.1) is 13.7 Å². The molecule has 4 aromatic rings. The molecule has 2 heterocycles. The number of nitrogens with zero attached hydrogens (tertiary/aromatic N) is 2. The Kier molecular flexibility index (Phi) is 6.54. The smallest absolute Gasteiger partial charge is 0.197 e. The molecule has 0 radical (unpaired) electrons. The number of benzene rings is 3. The summed E-state index contributed by atoms with van der Waals surface area (Å²) in [6.45, 7) is 6.20. The molecule has 0 amide bonds. The third-order valence-electron chi connectivity index (χ3n) is 6.72. The monoisotopic (exact) mass is 458 g/mol. The summed E-state index contributed by atoms with van der Waals surface area (Å²) in [5, 5.41) is 1.27. The van der Waals surface area contributed by atoms with Crippen LogP contribution in [0.1, 0.15) is 22.4 Å². The molecule has 0 bridgehead atoms. The molecule has 0 saturated heterocycles. The first kappa shape index (κ1) is 22.5. The van der Waals surface area contributed by atoms with Gasteiger partial charge in [-0.3, -0.25) is 4.90 Å². The van der Waals surface area contributed by atoms with E-state index in [-0.39, 0.29) is 11.6 Å². The SMILES string of the molecule is COc1cc(C)cc(F)c1OCCc1c2n(c3ccccc13)CCN(Cc1ccccc1)CC2. The van der Waals surface area contributed by atoms with Gasteiger partial charge in [-0.25, -0.2) is 4.39 Å². The van der Waals surface area contributed by atoms with E-state index in [1.54, 1.807) is 13.2 Å². The number of methoxy groups -OCH3 is 1. The van der Waals surface area contributed by atoms with E-state index in [1.165, 1.54) is 33.8 Å². The molecule has 5 rings (SSSR count). The van der Waals surface area contributed by atoms with E-state index >= 15 is 0 Å². The summed E-state index contributed by atoms with van der Waals surface area (Å²) in [5.74, 6) is 0.250. The summed E-state index contributed by atoms with van der Waals surface area (Å²) in [4.78, 5) is 2.53. The molecule has 5 heteroatoms. The Morgan fingerprint density at radius 2 is 1.74 bits per heavy atom. The van der Waals surface area contributed by atoms with Crippen molar-refractivity contribution >= 4 is 10.9 Å². The highest BCUT2D eigenvalue weighted by atomic mass is 19.1. The summed E-state index contributed by atoms with van der Waals surface area (Å²) >= 11 is 0. The fourth-order valence-corrected chi connectivity index (χ4v) is 5.11. The lowest BCUT2D eigenvalue weighted by Gasteiger charge is -2.19. The minimum absolute atomic E-state index is 0.191. The highest BCUT2D eigenvalue weighted by Crippen LogP contribution is 2.33. The first-order valence-electron chi connectivity index (χ1n) is 12.0. The van der Waals surface area contributed by atoms with E-state index in [9.17, 15) is 4.39 Å². The number of rotatable bonds is 7. The number of hydrogen-bond acceptors (Lipinski definition) is 3. The van der Waals surface area contributed by atoms with Crippen molar-refractivity contribution in [1.82, 2.24) is 9.47 Å². The van der Waals surface area contributed by atoms with E-state index in [1.807, 2.05) is 6.92 Å². The third-order valence-corrected chi connectivity index (χ3v) is 6.72. The largest absolute Gasteiger partial charge is 0.493 e. The molecule has 0 saturated carbocycles. The van der Waals surface area contributed by atoms with Crippen LogP contribution in [0, 0.1) is 12.7 Å². The van der Waals surface area contributed by atoms with E-state index < -0.39 is 0 Å². The normalized spacial score (nSPS) is 14.1. The molecular formula is C29H31FN2O2. The highest BCUT2D eigenvalue weighted by molar-refractivity contribution is 5.85. The molecule has 176 valence electrons. The predicted octanol–water partition coefficient (Wildman–Crippen LogP) is 5.78. The van der Waals surface area contributed by atoms with Gasteiger partial charge in [0.1, 0.15) is 0 Å². The van der Waals surface area contributed by atoms with Crippen LogP contribution in [-0.4, -0.2) is 36.3 Å². The van der Waals surface area contributed by atoms with Gasteiger partial charge in [0.15, 0.2) is 17.3 Å². The number of fused-ring (bicyclic) bond motifs is 3. The van der Waals surface area contributed by atoms with E-state index in [0.717, 1.165) is 44.6 Å². The Morgan fingerprint density at radius 3 is 2.56 bits per heavy atom. The lowest BCUT2D eigenvalue weighted by Crippen LogP contribution is -2.26. The predicted molar refractivity (Wildman–Crippen MR) is 134 cm³/mol. The molecule has 0 aliphatic carbocycles. The second-order valence-corrected chi connectivity index (χ2v) is 8.98. The van der Waals surface area contributed by atoms with E-state index in [2.05, 4.69) is 64.1 Å². The molecule has 0 fully saturated rings. The van der Waals surface area contributed by atoms with Crippen molar-refractivity contribution in [2.75, 3.05) is 26.8 Å². The molecule has 0 unspecified atom stereocenters. The van der Waals surface area contributed by atoms with Crippen molar-refractivity contribution in [2.24, 2.45) is 0 Å². The second-order valence-electron chi connectivity index (χ2n) is 8.98. The zero-order valence-corrected chi connectivity index (χ0v) is 19.9. The Hall–Kier alpha value is -3.31. The van der Waals surface area contributed by atoms with E-state index in [4.69, 9.17) is 9.47 Å². The molecule has 3 aromatic carbocycles. The van der Waals surface area contributed by atoms with Crippen LogP contribution in [0.25, 0.3) is 10.9 Å². The highest BCUT2D eigenvalue weighted by Gasteiger charge is 2.22. The number of para-hydroxylation sites is 1. The van der Waals surface area contributed by atoms with E-state index in [0.29, 0.717) is 12.4 Å². The molecule has 0 N–H and O–H groups in total. The van der Waals surface area contributed by atoms with Gasteiger partial charge in [0, 0.05) is 55.6 Å². The molecule has 0 atom stereocenters. The number of ether oxygens (including phenoxy) is 2. The summed E-state index contributed by atoms with van der Waals surface area (Å²) in [5.41, 5.74) is 6.11. The van der Waals surface area contributed by atoms with Crippen LogP contribution in [0.2, 0.25) is 0 Å². The average molecular weight is 459 g/mol. The van der Waals surface area contributed by atoms with Crippen molar-refractivity contribution in [3.63, 3.8) is 0 Å². The minimum Gasteiger partial charge on any atom is -0.493 e. The second kappa shape index (κ2) is 9.90. The maximum atomic E-state index is 14.6. The van der Waals surface area contributed by atoms with Crippen LogP contribution in [-0.2, 0) is 25.9 Å². The summed E-state index contributed by atoms with van der Waals surface area (Å²) < 4.78 is 28.3. The van der Waals surface area contributed by atoms with Crippen LogP contribution in [0.3, 0.4) is 0 Å². The standard InChI is InChI=1S/C29H31FN2O2/c1-21-18-25(30)29(28(19-21)33-2)34-17-13-24-23-10-6-7-11-26(23)32-16-15-31(14-12-27(24)32)20-22-8-4-3-5-9-22/h3-11,18-19H,12-17,20H2,1-2H3. The zero-order chi connectivity index (χ0) is 23.5. The quantitative estimate of drug-likeness (QED) is 0.351. The van der Waals surface area contributed by atoms with Gasteiger partial charge in [-0.15, -0.1) is 0 Å². The summed E-state index contributed by atoms with van der Waals surface area (Å²) in [6.07, 6.45) is 1.71. The van der Waals surface area contributed by atoms with Gasteiger partial charge in [-0.1, -0.05) is 48.5 Å². The van der Waals surface area contributed by atoms with Crippen molar-refractivity contribution in [1.29, 1.82) is 0 Å². The van der Waals surface area contributed by atoms with Crippen LogP contribution in [0.15, 0.2) is 66.7 Å². The molecule has 0 spiro atoms. The number of aryl methyl sites for hydroxylation is 1. The minimum atomic E-state index is -0.381. The molecule has 1 aliphatic rings. The number of aromatic nitrogens is 1. The molecular weight excluding hydrogens is 427 g/mol. The summed E-state index contributed by atoms with van der Waals surface area (Å²) in [6, 6.07) is 22.6. The van der Waals surface area contributed by atoms with Gasteiger partial charge in [0.2, 0.25) is 0 Å². The molecule has 1 aliphatic heterocycles. The fourth-order valence-electron chi connectivity index (χ4n) is 5.11. The van der Waals surface area contributed by atoms with Crippen molar-refractivity contribution in [2.45, 2.75) is 32.9 Å². The topological polar surface area (TPSA) is 26.6 Å². The first-order valence-corrected chi connectivity index (χ1v) is 12.0. The molecule has 34 heavy (non-hydrogen) atoms. The molecule has 4 nitrogen and oxygen atoms in total. The Bertz CT molecular complexity index is 1280. The van der Waals surface area contributed by atoms with Crippen molar-refractivity contribution in [3.05, 3.63) is 94.9 Å². The van der Waals surface area contributed by atoms with Crippen molar-refractivity contribution in [3.8, 4) is 11.5 Å².